The molecule has 0 amide bonds. The maximum absolute atomic E-state index is 11.5. The van der Waals surface area contributed by atoms with Gasteiger partial charge in [-0.1, -0.05) is 31.9 Å². The van der Waals surface area contributed by atoms with Crippen LogP contribution in [0.5, 0.6) is 5.75 Å². The summed E-state index contributed by atoms with van der Waals surface area (Å²) in [6.07, 6.45) is 0.133. The van der Waals surface area contributed by atoms with Gasteiger partial charge in [0.2, 0.25) is 0 Å². The van der Waals surface area contributed by atoms with Gasteiger partial charge in [-0.3, -0.25) is 4.79 Å². The van der Waals surface area contributed by atoms with E-state index in [2.05, 4.69) is 31.9 Å². The average molecular weight is 466 g/mol. The van der Waals surface area contributed by atoms with Gasteiger partial charge in [0.15, 0.2) is 0 Å². The molecule has 0 radical (unpaired) electrons. The zero-order valence-corrected chi connectivity index (χ0v) is 16.9. The van der Waals surface area contributed by atoms with E-state index in [9.17, 15) is 9.90 Å². The maximum Gasteiger partial charge on any atom is 0.305 e. The van der Waals surface area contributed by atoms with Gasteiger partial charge in [-0.2, -0.15) is 0 Å². The van der Waals surface area contributed by atoms with Crippen LogP contribution in [0.3, 0.4) is 0 Å². The van der Waals surface area contributed by atoms with Gasteiger partial charge in [0.1, 0.15) is 11.9 Å². The summed E-state index contributed by atoms with van der Waals surface area (Å²) in [6.45, 7) is 2.17. The number of halogens is 2. The van der Waals surface area contributed by atoms with Crippen LogP contribution < -0.4 is 4.74 Å². The molecule has 3 atom stereocenters. The first-order valence-corrected chi connectivity index (χ1v) is 9.86. The molecule has 24 heavy (non-hydrogen) atoms. The quantitative estimate of drug-likeness (QED) is 0.485. The largest absolute Gasteiger partial charge is 0.496 e. The summed E-state index contributed by atoms with van der Waals surface area (Å²) in [4.78, 5) is 11.5. The Labute approximate surface area is 158 Å². The highest BCUT2D eigenvalue weighted by Gasteiger charge is 2.37. The van der Waals surface area contributed by atoms with Crippen molar-refractivity contribution in [3.8, 4) is 5.75 Å². The lowest BCUT2D eigenvalue weighted by atomic mass is 9.89. The maximum atomic E-state index is 11.5. The summed E-state index contributed by atoms with van der Waals surface area (Å²) in [5.74, 6) is 0.477. The number of carbonyl (C=O) groups excluding carboxylic acids is 1. The van der Waals surface area contributed by atoms with Crippen molar-refractivity contribution in [3.05, 3.63) is 27.7 Å². The fourth-order valence-electron chi connectivity index (χ4n) is 2.96. The molecule has 1 aliphatic rings. The second kappa shape index (κ2) is 9.17. The molecule has 0 fully saturated rings. The summed E-state index contributed by atoms with van der Waals surface area (Å²) in [5, 5.41) is 11.4. The Morgan fingerprint density at radius 3 is 2.75 bits per heavy atom. The van der Waals surface area contributed by atoms with Gasteiger partial charge in [0.05, 0.1) is 25.9 Å². The molecule has 0 spiro atoms. The third kappa shape index (κ3) is 4.31. The number of alkyl halides is 1. The summed E-state index contributed by atoms with van der Waals surface area (Å²) >= 11 is 7.00. The molecule has 2 rings (SSSR count). The third-order valence-electron chi connectivity index (χ3n) is 4.04. The van der Waals surface area contributed by atoms with E-state index in [0.717, 1.165) is 15.6 Å². The molecule has 1 heterocycles. The second-order valence-corrected chi connectivity index (χ2v) is 7.04. The van der Waals surface area contributed by atoms with Crippen molar-refractivity contribution in [2.45, 2.75) is 44.5 Å². The zero-order chi connectivity index (χ0) is 17.7. The van der Waals surface area contributed by atoms with Crippen LogP contribution >= 0.6 is 31.9 Å². The first kappa shape index (κ1) is 19.7. The number of benzene rings is 1. The molecular formula is C17H22Br2O5. The Balaban J connectivity index is 2.17. The minimum atomic E-state index is -0.776. The summed E-state index contributed by atoms with van der Waals surface area (Å²) in [7, 11) is 1.60. The molecule has 1 aromatic carbocycles. The van der Waals surface area contributed by atoms with Crippen LogP contribution in [-0.4, -0.2) is 36.2 Å². The van der Waals surface area contributed by atoms with E-state index in [1.807, 2.05) is 12.1 Å². The number of aliphatic hydroxyl groups excluding tert-OH is 1. The molecule has 134 valence electrons. The van der Waals surface area contributed by atoms with E-state index < -0.39 is 6.10 Å². The van der Waals surface area contributed by atoms with E-state index in [4.69, 9.17) is 14.2 Å². The number of aliphatic hydroxyl groups is 1. The van der Waals surface area contributed by atoms with Crippen molar-refractivity contribution in [1.29, 1.82) is 0 Å². The highest BCUT2D eigenvalue weighted by atomic mass is 79.9. The first-order valence-electron chi connectivity index (χ1n) is 7.94. The summed E-state index contributed by atoms with van der Waals surface area (Å²) in [6, 6.07) is 3.73. The first-order chi connectivity index (χ1) is 11.5. The van der Waals surface area contributed by atoms with E-state index in [0.29, 0.717) is 36.9 Å². The minimum Gasteiger partial charge on any atom is -0.496 e. The summed E-state index contributed by atoms with van der Waals surface area (Å²) < 4.78 is 17.3. The van der Waals surface area contributed by atoms with Crippen LogP contribution in [0.2, 0.25) is 0 Å². The van der Waals surface area contributed by atoms with Crippen LogP contribution in [0.25, 0.3) is 0 Å². The van der Waals surface area contributed by atoms with Gasteiger partial charge < -0.3 is 19.3 Å². The number of methoxy groups -OCH3 is 1. The molecule has 0 aromatic heterocycles. The Hall–Kier alpha value is -0.630. The van der Waals surface area contributed by atoms with E-state index in [-0.39, 0.29) is 18.2 Å². The fraction of sp³-hybridized carbons (Fsp3) is 0.588. The Morgan fingerprint density at radius 1 is 1.38 bits per heavy atom. The lowest BCUT2D eigenvalue weighted by molar-refractivity contribution is -0.143. The standard InChI is InChI=1S/C17H22Br2O5/c1-3-23-14(20)6-4-5-12-17(21)15-10(19)7-8-11(22-2)16(15)13(9-18)24-12/h7-8,12-13,17,21H,3-6,9H2,1-2H3/t12-,13+,17+/m0/s1. The molecule has 0 unspecified atom stereocenters. The topological polar surface area (TPSA) is 65.0 Å². The van der Waals surface area contributed by atoms with E-state index >= 15 is 0 Å². The molecule has 0 saturated carbocycles. The van der Waals surface area contributed by atoms with Gasteiger partial charge in [0.25, 0.3) is 0 Å². The fourth-order valence-corrected chi connectivity index (χ4v) is 4.02. The molecule has 0 saturated heterocycles. The predicted octanol–water partition coefficient (Wildman–Crippen LogP) is 4.06. The smallest absolute Gasteiger partial charge is 0.305 e. The van der Waals surface area contributed by atoms with Crippen molar-refractivity contribution < 1.29 is 24.1 Å². The molecule has 1 aliphatic heterocycles. The predicted molar refractivity (Wildman–Crippen MR) is 97.5 cm³/mol. The van der Waals surface area contributed by atoms with Crippen molar-refractivity contribution in [2.75, 3.05) is 19.0 Å². The van der Waals surface area contributed by atoms with Gasteiger partial charge in [-0.05, 0) is 31.9 Å². The lowest BCUT2D eigenvalue weighted by Crippen LogP contribution is -2.32. The SMILES string of the molecule is CCOC(=O)CCC[C@@H]1O[C@H](CBr)c2c(OC)ccc(Br)c2[C@@H]1O. The number of rotatable bonds is 7. The molecule has 0 aliphatic carbocycles. The normalized spacial score (nSPS) is 22.8. The highest BCUT2D eigenvalue weighted by molar-refractivity contribution is 9.10. The Kier molecular flexibility index (Phi) is 7.53. The van der Waals surface area contributed by atoms with Crippen LogP contribution in [0.15, 0.2) is 16.6 Å². The number of fused-ring (bicyclic) bond motifs is 1. The molecule has 1 N–H and O–H groups in total. The van der Waals surface area contributed by atoms with Gasteiger partial charge >= 0.3 is 5.97 Å². The number of hydrogen-bond acceptors (Lipinski definition) is 5. The molecular weight excluding hydrogens is 444 g/mol. The van der Waals surface area contributed by atoms with Crippen LogP contribution in [0, 0.1) is 0 Å². The number of esters is 1. The van der Waals surface area contributed by atoms with Gasteiger partial charge in [0, 0.05) is 27.4 Å². The second-order valence-electron chi connectivity index (χ2n) is 5.54. The molecule has 1 aromatic rings. The highest BCUT2D eigenvalue weighted by Crippen LogP contribution is 2.46. The van der Waals surface area contributed by atoms with Crippen molar-refractivity contribution in [1.82, 2.24) is 0 Å². The number of carbonyl (C=O) groups is 1. The Morgan fingerprint density at radius 2 is 2.12 bits per heavy atom. The van der Waals surface area contributed by atoms with E-state index in [1.165, 1.54) is 0 Å². The molecule has 5 nitrogen and oxygen atoms in total. The van der Waals surface area contributed by atoms with Crippen molar-refractivity contribution in [3.63, 3.8) is 0 Å². The van der Waals surface area contributed by atoms with Crippen LogP contribution in [-0.2, 0) is 14.3 Å². The number of hydrogen-bond donors (Lipinski definition) is 1. The van der Waals surface area contributed by atoms with Gasteiger partial charge in [-0.15, -0.1) is 0 Å². The monoisotopic (exact) mass is 464 g/mol. The molecule has 7 heteroatoms. The average Bonchev–Trinajstić information content (AvgIpc) is 2.57. The van der Waals surface area contributed by atoms with Crippen molar-refractivity contribution in [2.24, 2.45) is 0 Å². The van der Waals surface area contributed by atoms with Crippen LogP contribution in [0.1, 0.15) is 49.5 Å². The van der Waals surface area contributed by atoms with Crippen molar-refractivity contribution >= 4 is 37.8 Å². The van der Waals surface area contributed by atoms with Gasteiger partial charge in [-0.25, -0.2) is 0 Å². The Bertz CT molecular complexity index is 578. The number of ether oxygens (including phenoxy) is 3. The lowest BCUT2D eigenvalue weighted by Gasteiger charge is -2.37. The summed E-state index contributed by atoms with van der Waals surface area (Å²) in [5.41, 5.74) is 1.66. The third-order valence-corrected chi connectivity index (χ3v) is 5.32. The molecule has 0 bridgehead atoms. The zero-order valence-electron chi connectivity index (χ0n) is 13.8. The van der Waals surface area contributed by atoms with E-state index in [1.54, 1.807) is 14.0 Å². The van der Waals surface area contributed by atoms with Crippen LogP contribution in [0.4, 0.5) is 0 Å². The minimum absolute atomic E-state index is 0.219.